The molecule has 1 fully saturated rings. The number of hydrogen-bond donors (Lipinski definition) is 0. The normalized spacial score (nSPS) is 24.4. The average molecular weight is 240 g/mol. The van der Waals surface area contributed by atoms with E-state index in [1.165, 1.54) is 6.42 Å². The maximum absolute atomic E-state index is 11.9. The predicted octanol–water partition coefficient (Wildman–Crippen LogP) is 4.18. The molecule has 100 valence electrons. The summed E-state index contributed by atoms with van der Waals surface area (Å²) in [6.45, 7) is 14.8. The van der Waals surface area contributed by atoms with Crippen LogP contribution in [0.3, 0.4) is 0 Å². The highest BCUT2D eigenvalue weighted by Gasteiger charge is 2.40. The third kappa shape index (κ3) is 4.33. The Bertz CT molecular complexity index is 279. The van der Waals surface area contributed by atoms with E-state index in [0.717, 1.165) is 12.8 Å². The van der Waals surface area contributed by atoms with Crippen molar-refractivity contribution in [3.8, 4) is 0 Å². The minimum absolute atomic E-state index is 0.0731. The molecule has 0 N–H and O–H groups in total. The number of rotatable bonds is 1. The van der Waals surface area contributed by atoms with Crippen molar-refractivity contribution < 1.29 is 9.53 Å². The van der Waals surface area contributed by atoms with Crippen molar-refractivity contribution >= 4 is 5.97 Å². The molecule has 17 heavy (non-hydrogen) atoms. The lowest BCUT2D eigenvalue weighted by atomic mass is 9.64. The van der Waals surface area contributed by atoms with Crippen LogP contribution in [0.2, 0.25) is 0 Å². The topological polar surface area (TPSA) is 26.3 Å². The van der Waals surface area contributed by atoms with Crippen LogP contribution in [0.25, 0.3) is 0 Å². The van der Waals surface area contributed by atoms with Gasteiger partial charge in [0.25, 0.3) is 0 Å². The van der Waals surface area contributed by atoms with Gasteiger partial charge in [-0.15, -0.1) is 0 Å². The lowest BCUT2D eigenvalue weighted by molar-refractivity contribution is -0.164. The molecule has 1 aliphatic carbocycles. The second-order valence-electron chi connectivity index (χ2n) is 8.19. The molecule has 0 aliphatic heterocycles. The first kappa shape index (κ1) is 14.5. The van der Waals surface area contributed by atoms with Crippen molar-refractivity contribution in [3.05, 3.63) is 0 Å². The standard InChI is InChI=1S/C15H28O2/c1-13(2,3)12(16)17-11-8-14(4,5)10-15(6,7)9-11/h11H,8-10H2,1-7H3. The summed E-state index contributed by atoms with van der Waals surface area (Å²) in [5.41, 5.74) is 0.140. The molecule has 0 heterocycles. The van der Waals surface area contributed by atoms with E-state index in [0.29, 0.717) is 0 Å². The zero-order chi connectivity index (χ0) is 13.5. The van der Waals surface area contributed by atoms with Gasteiger partial charge in [-0.2, -0.15) is 0 Å². The van der Waals surface area contributed by atoms with Gasteiger partial charge < -0.3 is 4.74 Å². The predicted molar refractivity (Wildman–Crippen MR) is 70.7 cm³/mol. The van der Waals surface area contributed by atoms with Gasteiger partial charge in [-0.25, -0.2) is 0 Å². The summed E-state index contributed by atoms with van der Waals surface area (Å²) in [5.74, 6) is -0.0731. The fraction of sp³-hybridized carbons (Fsp3) is 0.933. The van der Waals surface area contributed by atoms with Crippen LogP contribution in [-0.2, 0) is 9.53 Å². The van der Waals surface area contributed by atoms with Crippen LogP contribution < -0.4 is 0 Å². The van der Waals surface area contributed by atoms with Gasteiger partial charge in [-0.3, -0.25) is 4.79 Å². The second kappa shape index (κ2) is 4.29. The number of hydrogen-bond acceptors (Lipinski definition) is 2. The molecule has 2 heteroatoms. The van der Waals surface area contributed by atoms with E-state index >= 15 is 0 Å². The first-order valence-corrected chi connectivity index (χ1v) is 6.62. The number of ether oxygens (including phenoxy) is 1. The molecule has 0 unspecified atom stereocenters. The van der Waals surface area contributed by atoms with Crippen LogP contribution in [0.1, 0.15) is 67.7 Å². The van der Waals surface area contributed by atoms with E-state index in [2.05, 4.69) is 27.7 Å². The van der Waals surface area contributed by atoms with Crippen molar-refractivity contribution in [1.82, 2.24) is 0 Å². The molecule has 0 saturated heterocycles. The van der Waals surface area contributed by atoms with Gasteiger partial charge in [0.05, 0.1) is 5.41 Å². The quantitative estimate of drug-likeness (QED) is 0.643. The SMILES string of the molecule is CC1(C)CC(OC(=O)C(C)(C)C)CC(C)(C)C1. The number of carbonyl (C=O) groups excluding carboxylic acids is 1. The molecule has 0 amide bonds. The highest BCUT2D eigenvalue weighted by atomic mass is 16.5. The fourth-order valence-electron chi connectivity index (χ4n) is 3.16. The Morgan fingerprint density at radius 3 is 1.82 bits per heavy atom. The van der Waals surface area contributed by atoms with Crippen LogP contribution in [0, 0.1) is 16.2 Å². The molecule has 0 spiro atoms. The van der Waals surface area contributed by atoms with Crippen LogP contribution in [0.15, 0.2) is 0 Å². The molecule has 0 aromatic carbocycles. The smallest absolute Gasteiger partial charge is 0.311 e. The van der Waals surface area contributed by atoms with Crippen molar-refractivity contribution in [2.24, 2.45) is 16.2 Å². The average Bonchev–Trinajstić information content (AvgIpc) is 1.94. The van der Waals surface area contributed by atoms with E-state index in [1.54, 1.807) is 0 Å². The summed E-state index contributed by atoms with van der Waals surface area (Å²) in [4.78, 5) is 11.9. The highest BCUT2D eigenvalue weighted by molar-refractivity contribution is 5.75. The number of carbonyl (C=O) groups is 1. The Morgan fingerprint density at radius 1 is 1.06 bits per heavy atom. The largest absolute Gasteiger partial charge is 0.462 e. The van der Waals surface area contributed by atoms with Crippen LogP contribution in [-0.4, -0.2) is 12.1 Å². The minimum atomic E-state index is -0.397. The van der Waals surface area contributed by atoms with E-state index in [-0.39, 0.29) is 22.9 Å². The van der Waals surface area contributed by atoms with E-state index in [4.69, 9.17) is 4.74 Å². The monoisotopic (exact) mass is 240 g/mol. The maximum atomic E-state index is 11.9. The Morgan fingerprint density at radius 2 is 1.47 bits per heavy atom. The molecule has 2 nitrogen and oxygen atoms in total. The third-order valence-electron chi connectivity index (χ3n) is 3.40. The molecule has 1 rings (SSSR count). The highest BCUT2D eigenvalue weighted by Crippen LogP contribution is 2.46. The van der Waals surface area contributed by atoms with E-state index in [9.17, 15) is 4.79 Å². The fourth-order valence-corrected chi connectivity index (χ4v) is 3.16. The van der Waals surface area contributed by atoms with Gasteiger partial charge >= 0.3 is 5.97 Å². The van der Waals surface area contributed by atoms with E-state index in [1.807, 2.05) is 20.8 Å². The van der Waals surface area contributed by atoms with Crippen molar-refractivity contribution in [1.29, 1.82) is 0 Å². The summed E-state index contributed by atoms with van der Waals surface area (Å²) < 4.78 is 5.69. The van der Waals surface area contributed by atoms with E-state index < -0.39 is 5.41 Å². The van der Waals surface area contributed by atoms with Gasteiger partial charge in [0.15, 0.2) is 0 Å². The molecule has 0 atom stereocenters. The van der Waals surface area contributed by atoms with Crippen molar-refractivity contribution in [3.63, 3.8) is 0 Å². The van der Waals surface area contributed by atoms with Crippen LogP contribution in [0.5, 0.6) is 0 Å². The lowest BCUT2D eigenvalue weighted by Crippen LogP contribution is -2.40. The van der Waals surface area contributed by atoms with Crippen LogP contribution >= 0.6 is 0 Å². The minimum Gasteiger partial charge on any atom is -0.462 e. The summed E-state index contributed by atoms with van der Waals surface area (Å²) in [6.07, 6.45) is 3.25. The lowest BCUT2D eigenvalue weighted by Gasteiger charge is -2.44. The first-order chi connectivity index (χ1) is 7.41. The van der Waals surface area contributed by atoms with Gasteiger partial charge in [0.1, 0.15) is 6.10 Å². The zero-order valence-electron chi connectivity index (χ0n) is 12.5. The Labute approximate surface area is 106 Å². The molecule has 0 bridgehead atoms. The molecule has 0 aromatic heterocycles. The molecule has 0 aromatic rings. The molecular formula is C15H28O2. The third-order valence-corrected chi connectivity index (χ3v) is 3.40. The van der Waals surface area contributed by atoms with Crippen molar-refractivity contribution in [2.75, 3.05) is 0 Å². The maximum Gasteiger partial charge on any atom is 0.311 e. The first-order valence-electron chi connectivity index (χ1n) is 6.62. The molecule has 1 aliphatic rings. The van der Waals surface area contributed by atoms with Gasteiger partial charge in [-0.1, -0.05) is 27.7 Å². The summed E-state index contributed by atoms with van der Waals surface area (Å²) in [7, 11) is 0. The van der Waals surface area contributed by atoms with Gasteiger partial charge in [0.2, 0.25) is 0 Å². The molecule has 1 saturated carbocycles. The zero-order valence-corrected chi connectivity index (χ0v) is 12.5. The van der Waals surface area contributed by atoms with Gasteiger partial charge in [-0.05, 0) is 50.9 Å². The van der Waals surface area contributed by atoms with Gasteiger partial charge in [0, 0.05) is 0 Å². The Hall–Kier alpha value is -0.530. The van der Waals surface area contributed by atoms with Crippen molar-refractivity contribution in [2.45, 2.75) is 73.8 Å². The number of esters is 1. The summed E-state index contributed by atoms with van der Waals surface area (Å²) >= 11 is 0. The molecular weight excluding hydrogens is 212 g/mol. The Balaban J connectivity index is 2.70. The second-order valence-corrected chi connectivity index (χ2v) is 8.19. The molecule has 0 radical (unpaired) electrons. The summed E-state index contributed by atoms with van der Waals surface area (Å²) in [6, 6.07) is 0. The summed E-state index contributed by atoms with van der Waals surface area (Å²) in [5, 5.41) is 0. The van der Waals surface area contributed by atoms with Crippen LogP contribution in [0.4, 0.5) is 0 Å². The Kier molecular flexibility index (Phi) is 3.67.